The summed E-state index contributed by atoms with van der Waals surface area (Å²) < 4.78 is 0. The van der Waals surface area contributed by atoms with Gasteiger partial charge in [-0.05, 0) is 18.9 Å². The van der Waals surface area contributed by atoms with Crippen molar-refractivity contribution in [3.63, 3.8) is 0 Å². The van der Waals surface area contributed by atoms with Gasteiger partial charge in [-0.25, -0.2) is 0 Å². The smallest absolute Gasteiger partial charge is 0.0668 e. The van der Waals surface area contributed by atoms with E-state index in [4.69, 9.17) is 5.11 Å². The quantitative estimate of drug-likeness (QED) is 0.500. The number of carboxylic acid groups (broad SMARTS) is 1. The Labute approximate surface area is 53.6 Å². The van der Waals surface area contributed by atoms with Gasteiger partial charge in [0.25, 0.3) is 0 Å². The van der Waals surface area contributed by atoms with E-state index in [2.05, 4.69) is 0 Å². The molecule has 0 unspecified atom stereocenters. The van der Waals surface area contributed by atoms with Crippen LogP contribution in [0, 0.1) is 0 Å². The van der Waals surface area contributed by atoms with Crippen molar-refractivity contribution in [2.24, 2.45) is 0 Å². The number of carbonyl (C=O) groups excluding carboxylic acids is 1. The lowest BCUT2D eigenvalue weighted by molar-refractivity contribution is -0.299. The summed E-state index contributed by atoms with van der Waals surface area (Å²) in [5.74, 6) is -1.18. The van der Waals surface area contributed by atoms with Crippen molar-refractivity contribution in [1.82, 2.24) is 0 Å². The zero-order valence-electron chi connectivity index (χ0n) is 5.26. The van der Waals surface area contributed by atoms with Crippen molar-refractivity contribution in [1.29, 1.82) is 0 Å². The summed E-state index contributed by atoms with van der Waals surface area (Å²) in [4.78, 5) is 9.94. The molecule has 52 valence electrons. The highest BCUT2D eigenvalue weighted by Crippen LogP contribution is 1.91. The predicted molar refractivity (Wildman–Crippen MR) is 30.5 cm³/mol. The molecule has 3 nitrogen and oxygen atoms in total. The van der Waals surface area contributed by atoms with Gasteiger partial charge in [0.15, 0.2) is 0 Å². The fourth-order valence-corrected chi connectivity index (χ4v) is 0.364. The fourth-order valence-electron chi connectivity index (χ4n) is 0.364. The standard InChI is InChI=1S/C6H10O3/c1-5(6(8)9)3-2-4-7/h3,7H,2,4H2,1H3,(H,8,9)/p-1/b5-3+. The van der Waals surface area contributed by atoms with Crippen LogP contribution >= 0.6 is 0 Å². The monoisotopic (exact) mass is 129 g/mol. The average Bonchev–Trinajstić information content (AvgIpc) is 1.82. The van der Waals surface area contributed by atoms with E-state index >= 15 is 0 Å². The minimum absolute atomic E-state index is 0.0232. The van der Waals surface area contributed by atoms with Gasteiger partial charge in [0, 0.05) is 6.61 Å². The number of hydrogen-bond acceptors (Lipinski definition) is 3. The Balaban J connectivity index is 3.69. The molecule has 0 radical (unpaired) electrons. The second-order valence-corrected chi connectivity index (χ2v) is 1.69. The highest BCUT2D eigenvalue weighted by molar-refractivity contribution is 5.83. The van der Waals surface area contributed by atoms with Crippen LogP contribution in [0.2, 0.25) is 0 Å². The number of aliphatic carboxylic acids is 1. The molecule has 0 aliphatic heterocycles. The Hall–Kier alpha value is -0.830. The van der Waals surface area contributed by atoms with Crippen molar-refractivity contribution in [2.75, 3.05) is 6.61 Å². The fraction of sp³-hybridized carbons (Fsp3) is 0.500. The van der Waals surface area contributed by atoms with Gasteiger partial charge in [-0.15, -0.1) is 0 Å². The van der Waals surface area contributed by atoms with Gasteiger partial charge in [-0.1, -0.05) is 6.08 Å². The van der Waals surface area contributed by atoms with Crippen LogP contribution in [-0.2, 0) is 4.79 Å². The molecule has 0 saturated heterocycles. The normalized spacial score (nSPS) is 11.6. The third-order valence-corrected chi connectivity index (χ3v) is 0.902. The molecule has 0 aromatic heterocycles. The Kier molecular flexibility index (Phi) is 3.71. The molecule has 0 atom stereocenters. The van der Waals surface area contributed by atoms with E-state index in [9.17, 15) is 9.90 Å². The zero-order valence-corrected chi connectivity index (χ0v) is 5.26. The Morgan fingerprint density at radius 1 is 1.78 bits per heavy atom. The molecular weight excluding hydrogens is 120 g/mol. The van der Waals surface area contributed by atoms with E-state index in [-0.39, 0.29) is 12.2 Å². The molecule has 0 rings (SSSR count). The van der Waals surface area contributed by atoms with Gasteiger partial charge in [-0.2, -0.15) is 0 Å². The first-order chi connectivity index (χ1) is 4.18. The minimum Gasteiger partial charge on any atom is -0.545 e. The maximum atomic E-state index is 9.94. The van der Waals surface area contributed by atoms with Crippen LogP contribution < -0.4 is 5.11 Å². The van der Waals surface area contributed by atoms with Crippen molar-refractivity contribution in [3.05, 3.63) is 11.6 Å². The summed E-state index contributed by atoms with van der Waals surface area (Å²) >= 11 is 0. The molecule has 0 fully saturated rings. The molecule has 0 heterocycles. The number of hydrogen-bond donors (Lipinski definition) is 1. The number of aliphatic hydroxyl groups excluding tert-OH is 1. The van der Waals surface area contributed by atoms with Crippen LogP contribution in [0.5, 0.6) is 0 Å². The third-order valence-electron chi connectivity index (χ3n) is 0.902. The number of rotatable bonds is 3. The topological polar surface area (TPSA) is 60.4 Å². The molecular formula is C6H9O3-. The summed E-state index contributed by atoms with van der Waals surface area (Å²) in [6, 6.07) is 0. The van der Waals surface area contributed by atoms with E-state index in [0.29, 0.717) is 6.42 Å². The Morgan fingerprint density at radius 3 is 2.67 bits per heavy atom. The summed E-state index contributed by atoms with van der Waals surface area (Å²) in [5.41, 5.74) is 0.170. The van der Waals surface area contributed by atoms with Gasteiger partial charge in [-0.3, -0.25) is 0 Å². The van der Waals surface area contributed by atoms with Crippen molar-refractivity contribution < 1.29 is 15.0 Å². The first-order valence-electron chi connectivity index (χ1n) is 2.67. The van der Waals surface area contributed by atoms with Crippen LogP contribution in [-0.4, -0.2) is 17.7 Å². The average molecular weight is 129 g/mol. The second-order valence-electron chi connectivity index (χ2n) is 1.69. The molecule has 0 amide bonds. The lowest BCUT2D eigenvalue weighted by Crippen LogP contribution is -2.23. The van der Waals surface area contributed by atoms with E-state index in [0.717, 1.165) is 0 Å². The van der Waals surface area contributed by atoms with E-state index in [1.165, 1.54) is 13.0 Å². The van der Waals surface area contributed by atoms with Crippen LogP contribution in [0.1, 0.15) is 13.3 Å². The molecule has 0 aromatic carbocycles. The lowest BCUT2D eigenvalue weighted by atomic mass is 10.2. The number of aliphatic hydroxyl groups is 1. The first-order valence-corrected chi connectivity index (χ1v) is 2.67. The Bertz CT molecular complexity index is 126. The van der Waals surface area contributed by atoms with Gasteiger partial charge >= 0.3 is 0 Å². The van der Waals surface area contributed by atoms with Crippen LogP contribution in [0.15, 0.2) is 11.6 Å². The molecule has 9 heavy (non-hydrogen) atoms. The first kappa shape index (κ1) is 8.17. The summed E-state index contributed by atoms with van der Waals surface area (Å²) in [7, 11) is 0. The molecule has 0 spiro atoms. The third kappa shape index (κ3) is 3.73. The van der Waals surface area contributed by atoms with Crippen LogP contribution in [0.25, 0.3) is 0 Å². The SMILES string of the molecule is C/C(=C\CCO)C(=O)[O-]. The van der Waals surface area contributed by atoms with Gasteiger partial charge in [0.1, 0.15) is 0 Å². The minimum atomic E-state index is -1.18. The zero-order chi connectivity index (χ0) is 7.28. The van der Waals surface area contributed by atoms with Crippen molar-refractivity contribution >= 4 is 5.97 Å². The van der Waals surface area contributed by atoms with E-state index in [1.807, 2.05) is 0 Å². The highest BCUT2D eigenvalue weighted by Gasteiger charge is 1.85. The van der Waals surface area contributed by atoms with Crippen LogP contribution in [0.4, 0.5) is 0 Å². The summed E-state index contributed by atoms with van der Waals surface area (Å²) in [6.07, 6.45) is 1.80. The summed E-state index contributed by atoms with van der Waals surface area (Å²) in [5, 5.41) is 18.2. The van der Waals surface area contributed by atoms with Crippen molar-refractivity contribution in [3.8, 4) is 0 Å². The molecule has 0 aliphatic rings. The number of carbonyl (C=O) groups is 1. The highest BCUT2D eigenvalue weighted by atomic mass is 16.4. The largest absolute Gasteiger partial charge is 0.545 e. The van der Waals surface area contributed by atoms with Crippen LogP contribution in [0.3, 0.4) is 0 Å². The maximum absolute atomic E-state index is 9.94. The van der Waals surface area contributed by atoms with Crippen molar-refractivity contribution in [2.45, 2.75) is 13.3 Å². The van der Waals surface area contributed by atoms with E-state index < -0.39 is 5.97 Å². The molecule has 0 aliphatic carbocycles. The number of carboxylic acids is 1. The molecule has 1 N–H and O–H groups in total. The maximum Gasteiger partial charge on any atom is 0.0668 e. The van der Waals surface area contributed by atoms with Gasteiger partial charge < -0.3 is 15.0 Å². The molecule has 0 saturated carbocycles. The van der Waals surface area contributed by atoms with Gasteiger partial charge in [0.2, 0.25) is 0 Å². The second kappa shape index (κ2) is 4.09. The Morgan fingerprint density at radius 2 is 2.33 bits per heavy atom. The van der Waals surface area contributed by atoms with Gasteiger partial charge in [0.05, 0.1) is 5.97 Å². The molecule has 3 heteroatoms. The lowest BCUT2D eigenvalue weighted by Gasteiger charge is -1.98. The predicted octanol–water partition coefficient (Wildman–Crippen LogP) is -0.935. The van der Waals surface area contributed by atoms with E-state index in [1.54, 1.807) is 0 Å². The summed E-state index contributed by atoms with van der Waals surface area (Å²) in [6.45, 7) is 1.41. The molecule has 0 aromatic rings. The molecule has 0 bridgehead atoms.